The number of rotatable bonds is 13. The number of benzene rings is 1. The van der Waals surface area contributed by atoms with Gasteiger partial charge in [0.25, 0.3) is 0 Å². The first-order valence-corrected chi connectivity index (χ1v) is 12.7. The maximum atomic E-state index is 13.0. The number of aromatic nitrogens is 2. The van der Waals surface area contributed by atoms with Crippen LogP contribution in [-0.4, -0.2) is 53.3 Å². The predicted molar refractivity (Wildman–Crippen MR) is 135 cm³/mol. The molecule has 3 N–H and O–H groups in total. The molecule has 2 unspecified atom stereocenters. The van der Waals surface area contributed by atoms with Gasteiger partial charge in [-0.1, -0.05) is 26.0 Å². The summed E-state index contributed by atoms with van der Waals surface area (Å²) in [6, 6.07) is 5.00. The van der Waals surface area contributed by atoms with Crippen molar-refractivity contribution in [3.63, 3.8) is 0 Å². The SMILES string of the molecule is CC(C)COC(=O)C(CN)CCCOCCCc1cccc2c1n(C)c(=O)n2C1CCC(=O)NC1=O. The molecule has 1 aromatic heterocycles. The van der Waals surface area contributed by atoms with E-state index in [4.69, 9.17) is 15.2 Å². The number of hydrogen-bond donors (Lipinski definition) is 2. The van der Waals surface area contributed by atoms with Gasteiger partial charge in [0.2, 0.25) is 11.8 Å². The minimum Gasteiger partial charge on any atom is -0.465 e. The zero-order valence-corrected chi connectivity index (χ0v) is 21.5. The van der Waals surface area contributed by atoms with Crippen LogP contribution in [0.25, 0.3) is 11.0 Å². The molecule has 1 aliphatic rings. The Morgan fingerprint density at radius 1 is 1.19 bits per heavy atom. The second kappa shape index (κ2) is 12.8. The van der Waals surface area contributed by atoms with Crippen LogP contribution >= 0.6 is 0 Å². The van der Waals surface area contributed by atoms with Crippen molar-refractivity contribution in [1.82, 2.24) is 14.5 Å². The molecule has 2 heterocycles. The van der Waals surface area contributed by atoms with Crippen LogP contribution in [0.4, 0.5) is 0 Å². The highest BCUT2D eigenvalue weighted by molar-refractivity contribution is 6.00. The number of imide groups is 1. The molecule has 0 bridgehead atoms. The fraction of sp³-hybridized carbons (Fsp3) is 0.615. The van der Waals surface area contributed by atoms with E-state index in [1.165, 1.54) is 4.57 Å². The summed E-state index contributed by atoms with van der Waals surface area (Å²) in [6.45, 7) is 5.73. The Hall–Kier alpha value is -2.98. The van der Waals surface area contributed by atoms with Crippen molar-refractivity contribution in [1.29, 1.82) is 0 Å². The molecular formula is C26H38N4O6. The third kappa shape index (κ3) is 6.61. The largest absolute Gasteiger partial charge is 0.465 e. The average molecular weight is 503 g/mol. The standard InChI is InChI=1S/C26H38N4O6/c1-17(2)16-36-25(33)19(15-27)9-6-14-35-13-5-8-18-7-4-10-20-23(18)29(3)26(34)30(20)21-11-12-22(31)28-24(21)32/h4,7,10,17,19,21H,5-6,8-9,11-16,27H2,1-3H3,(H,28,31,32). The quantitative estimate of drug-likeness (QED) is 0.242. The second-order valence-corrected chi connectivity index (χ2v) is 9.78. The monoisotopic (exact) mass is 502 g/mol. The number of amides is 2. The van der Waals surface area contributed by atoms with Crippen molar-refractivity contribution in [3.05, 3.63) is 34.2 Å². The number of fused-ring (bicyclic) bond motifs is 1. The Kier molecular flexibility index (Phi) is 9.83. The van der Waals surface area contributed by atoms with Crippen molar-refractivity contribution in [2.24, 2.45) is 24.6 Å². The van der Waals surface area contributed by atoms with Crippen LogP contribution in [0.5, 0.6) is 0 Å². The lowest BCUT2D eigenvalue weighted by atomic mass is 10.0. The lowest BCUT2D eigenvalue weighted by Crippen LogP contribution is -2.44. The number of ether oxygens (including phenoxy) is 2. The van der Waals surface area contributed by atoms with Gasteiger partial charge < -0.3 is 15.2 Å². The van der Waals surface area contributed by atoms with Gasteiger partial charge in [0, 0.05) is 33.2 Å². The van der Waals surface area contributed by atoms with E-state index in [9.17, 15) is 19.2 Å². The van der Waals surface area contributed by atoms with Gasteiger partial charge in [0.05, 0.1) is 23.6 Å². The summed E-state index contributed by atoms with van der Waals surface area (Å²) < 4.78 is 14.1. The molecule has 1 saturated heterocycles. The lowest BCUT2D eigenvalue weighted by Gasteiger charge is -2.21. The van der Waals surface area contributed by atoms with Gasteiger partial charge in [-0.2, -0.15) is 0 Å². The van der Waals surface area contributed by atoms with Crippen LogP contribution in [-0.2, 0) is 37.3 Å². The number of nitrogens with zero attached hydrogens (tertiary/aromatic N) is 2. The Morgan fingerprint density at radius 2 is 1.94 bits per heavy atom. The molecule has 0 radical (unpaired) electrons. The summed E-state index contributed by atoms with van der Waals surface area (Å²) in [6.07, 6.45) is 3.33. The van der Waals surface area contributed by atoms with E-state index in [0.717, 1.165) is 23.9 Å². The first-order chi connectivity index (χ1) is 17.2. The van der Waals surface area contributed by atoms with Gasteiger partial charge >= 0.3 is 11.7 Å². The van der Waals surface area contributed by atoms with E-state index in [1.54, 1.807) is 11.6 Å². The number of para-hydroxylation sites is 1. The van der Waals surface area contributed by atoms with Gasteiger partial charge in [-0.15, -0.1) is 0 Å². The van der Waals surface area contributed by atoms with Crippen LogP contribution < -0.4 is 16.7 Å². The Balaban J connectivity index is 1.52. The van der Waals surface area contributed by atoms with E-state index in [2.05, 4.69) is 5.32 Å². The van der Waals surface area contributed by atoms with Crippen LogP contribution in [0.1, 0.15) is 57.6 Å². The molecule has 36 heavy (non-hydrogen) atoms. The molecule has 0 spiro atoms. The van der Waals surface area contributed by atoms with Gasteiger partial charge in [0.15, 0.2) is 0 Å². The number of nitrogens with one attached hydrogen (secondary N) is 1. The zero-order valence-electron chi connectivity index (χ0n) is 21.5. The average Bonchev–Trinajstić information content (AvgIpc) is 3.10. The molecule has 2 atom stereocenters. The summed E-state index contributed by atoms with van der Waals surface area (Å²) in [4.78, 5) is 49.0. The van der Waals surface area contributed by atoms with Crippen LogP contribution in [0.3, 0.4) is 0 Å². The first-order valence-electron chi connectivity index (χ1n) is 12.7. The summed E-state index contributed by atoms with van der Waals surface area (Å²) in [5.41, 5.74) is 7.94. The maximum absolute atomic E-state index is 13.0. The zero-order chi connectivity index (χ0) is 26.2. The number of aryl methyl sites for hydroxylation is 2. The maximum Gasteiger partial charge on any atom is 0.329 e. The fourth-order valence-corrected chi connectivity index (χ4v) is 4.55. The molecule has 3 rings (SSSR count). The smallest absolute Gasteiger partial charge is 0.329 e. The molecule has 10 heteroatoms. The van der Waals surface area contributed by atoms with E-state index < -0.39 is 11.9 Å². The topological polar surface area (TPSA) is 135 Å². The molecule has 1 aliphatic heterocycles. The van der Waals surface area contributed by atoms with E-state index in [0.29, 0.717) is 50.5 Å². The number of piperidine rings is 1. The number of esters is 1. The predicted octanol–water partition coefficient (Wildman–Crippen LogP) is 1.82. The molecule has 1 fully saturated rings. The normalized spacial score (nSPS) is 17.0. The number of carbonyl (C=O) groups is 3. The van der Waals surface area contributed by atoms with Gasteiger partial charge in [0.1, 0.15) is 6.04 Å². The molecule has 0 saturated carbocycles. The molecule has 10 nitrogen and oxygen atoms in total. The highest BCUT2D eigenvalue weighted by Gasteiger charge is 2.31. The van der Waals surface area contributed by atoms with Gasteiger partial charge in [-0.3, -0.25) is 28.8 Å². The highest BCUT2D eigenvalue weighted by atomic mass is 16.5. The number of imidazole rings is 1. The molecular weight excluding hydrogens is 464 g/mol. The number of carbonyl (C=O) groups excluding carboxylic acids is 3. The molecule has 1 aromatic carbocycles. The molecule has 198 valence electrons. The van der Waals surface area contributed by atoms with Crippen LogP contribution in [0, 0.1) is 11.8 Å². The Labute approximate surface area is 211 Å². The van der Waals surface area contributed by atoms with Crippen LogP contribution in [0.15, 0.2) is 23.0 Å². The van der Waals surface area contributed by atoms with E-state index >= 15 is 0 Å². The molecule has 2 aromatic rings. The third-order valence-corrected chi connectivity index (χ3v) is 6.46. The summed E-state index contributed by atoms with van der Waals surface area (Å²) >= 11 is 0. The fourth-order valence-electron chi connectivity index (χ4n) is 4.55. The summed E-state index contributed by atoms with van der Waals surface area (Å²) in [5.74, 6) is -1.01. The van der Waals surface area contributed by atoms with E-state index in [-0.39, 0.29) is 36.4 Å². The highest BCUT2D eigenvalue weighted by Crippen LogP contribution is 2.25. The number of nitrogens with two attached hydrogens (primary N) is 1. The molecule has 0 aliphatic carbocycles. The minimum absolute atomic E-state index is 0.210. The Bertz CT molecular complexity index is 1140. The summed E-state index contributed by atoms with van der Waals surface area (Å²) in [5, 5.41) is 2.33. The van der Waals surface area contributed by atoms with Crippen molar-refractivity contribution in [3.8, 4) is 0 Å². The van der Waals surface area contributed by atoms with E-state index in [1.807, 2.05) is 32.0 Å². The third-order valence-electron chi connectivity index (χ3n) is 6.46. The van der Waals surface area contributed by atoms with Crippen LogP contribution in [0.2, 0.25) is 0 Å². The lowest BCUT2D eigenvalue weighted by molar-refractivity contribution is -0.149. The summed E-state index contributed by atoms with van der Waals surface area (Å²) in [7, 11) is 1.70. The minimum atomic E-state index is -0.697. The first kappa shape index (κ1) is 27.6. The second-order valence-electron chi connectivity index (χ2n) is 9.78. The molecule has 2 amide bonds. The van der Waals surface area contributed by atoms with Crippen molar-refractivity contribution >= 4 is 28.8 Å². The Morgan fingerprint density at radius 3 is 2.64 bits per heavy atom. The van der Waals surface area contributed by atoms with Gasteiger partial charge in [-0.25, -0.2) is 4.79 Å². The van der Waals surface area contributed by atoms with Crippen molar-refractivity contribution in [2.75, 3.05) is 26.4 Å². The van der Waals surface area contributed by atoms with Gasteiger partial charge in [-0.05, 0) is 49.7 Å². The van der Waals surface area contributed by atoms with Crippen molar-refractivity contribution in [2.45, 2.75) is 58.4 Å². The van der Waals surface area contributed by atoms with Crippen molar-refractivity contribution < 1.29 is 23.9 Å². The number of hydrogen-bond acceptors (Lipinski definition) is 7.